The van der Waals surface area contributed by atoms with E-state index < -0.39 is 0 Å². The maximum absolute atomic E-state index is 5.50. The van der Waals surface area contributed by atoms with Crippen molar-refractivity contribution in [1.82, 2.24) is 9.97 Å². The SMILES string of the molecule is C#CCC(CC)Nc1cncc(N)n1. The smallest absolute Gasteiger partial charge is 0.147 e. The topological polar surface area (TPSA) is 63.8 Å². The highest BCUT2D eigenvalue weighted by molar-refractivity contribution is 5.39. The van der Waals surface area contributed by atoms with Crippen molar-refractivity contribution in [1.29, 1.82) is 0 Å². The fraction of sp³-hybridized carbons (Fsp3) is 0.400. The number of hydrogen-bond donors (Lipinski definition) is 2. The normalized spacial score (nSPS) is 11.7. The van der Waals surface area contributed by atoms with Crippen LogP contribution in [-0.2, 0) is 0 Å². The Bertz CT molecular complexity index is 329. The standard InChI is InChI=1S/C10H14N4/c1-3-5-8(4-2)13-10-7-12-6-9(11)14-10/h1,6-8H,4-5H2,2H3,(H3,11,13,14). The van der Waals surface area contributed by atoms with Gasteiger partial charge < -0.3 is 11.1 Å². The average Bonchev–Trinajstić information content (AvgIpc) is 2.17. The highest BCUT2D eigenvalue weighted by Crippen LogP contribution is 2.08. The molecule has 74 valence electrons. The van der Waals surface area contributed by atoms with Crippen LogP contribution in [0, 0.1) is 12.3 Å². The average molecular weight is 190 g/mol. The van der Waals surface area contributed by atoms with Crippen LogP contribution in [0.3, 0.4) is 0 Å². The first-order valence-corrected chi connectivity index (χ1v) is 4.53. The van der Waals surface area contributed by atoms with Crippen LogP contribution in [0.15, 0.2) is 12.4 Å². The second kappa shape index (κ2) is 5.07. The molecule has 0 aromatic carbocycles. The van der Waals surface area contributed by atoms with Crippen molar-refractivity contribution in [2.24, 2.45) is 0 Å². The molecule has 1 unspecified atom stereocenters. The summed E-state index contributed by atoms with van der Waals surface area (Å²) in [6.45, 7) is 2.06. The Labute approximate surface area is 83.9 Å². The molecule has 0 aliphatic carbocycles. The number of nitrogens with two attached hydrogens (primary N) is 1. The Morgan fingerprint density at radius 1 is 1.64 bits per heavy atom. The van der Waals surface area contributed by atoms with Crippen molar-refractivity contribution in [3.63, 3.8) is 0 Å². The van der Waals surface area contributed by atoms with Gasteiger partial charge in [-0.2, -0.15) is 0 Å². The molecule has 0 radical (unpaired) electrons. The molecule has 1 aromatic heterocycles. The van der Waals surface area contributed by atoms with Gasteiger partial charge >= 0.3 is 0 Å². The summed E-state index contributed by atoms with van der Waals surface area (Å²) in [5.74, 6) is 3.69. The largest absolute Gasteiger partial charge is 0.382 e. The molecule has 0 bridgehead atoms. The van der Waals surface area contributed by atoms with Crippen molar-refractivity contribution in [2.45, 2.75) is 25.8 Å². The summed E-state index contributed by atoms with van der Waals surface area (Å²) >= 11 is 0. The van der Waals surface area contributed by atoms with Gasteiger partial charge in [0.2, 0.25) is 0 Å². The number of hydrogen-bond acceptors (Lipinski definition) is 4. The molecule has 0 amide bonds. The number of nitrogens with zero attached hydrogens (tertiary/aromatic N) is 2. The number of rotatable bonds is 4. The van der Waals surface area contributed by atoms with E-state index in [-0.39, 0.29) is 6.04 Å². The summed E-state index contributed by atoms with van der Waals surface area (Å²) < 4.78 is 0. The molecule has 0 saturated carbocycles. The summed E-state index contributed by atoms with van der Waals surface area (Å²) in [5.41, 5.74) is 5.50. The Kier molecular flexibility index (Phi) is 3.74. The van der Waals surface area contributed by atoms with Gasteiger partial charge in [-0.05, 0) is 6.42 Å². The number of anilines is 2. The molecule has 1 aromatic rings. The summed E-state index contributed by atoms with van der Waals surface area (Å²) in [6, 6.07) is 0.232. The number of terminal acetylenes is 1. The van der Waals surface area contributed by atoms with Crippen molar-refractivity contribution >= 4 is 11.6 Å². The Hall–Kier alpha value is -1.76. The van der Waals surface area contributed by atoms with Gasteiger partial charge in [-0.25, -0.2) is 4.98 Å². The van der Waals surface area contributed by atoms with Gasteiger partial charge in [0, 0.05) is 12.5 Å². The minimum atomic E-state index is 0.232. The van der Waals surface area contributed by atoms with Crippen LogP contribution in [0.25, 0.3) is 0 Å². The molecule has 1 rings (SSSR count). The van der Waals surface area contributed by atoms with Gasteiger partial charge in [0.1, 0.15) is 11.6 Å². The zero-order valence-electron chi connectivity index (χ0n) is 8.20. The van der Waals surface area contributed by atoms with E-state index in [2.05, 4.69) is 28.1 Å². The van der Waals surface area contributed by atoms with Gasteiger partial charge in [-0.3, -0.25) is 4.98 Å². The lowest BCUT2D eigenvalue weighted by Gasteiger charge is -2.14. The Balaban J connectivity index is 2.63. The maximum Gasteiger partial charge on any atom is 0.147 e. The van der Waals surface area contributed by atoms with Gasteiger partial charge in [0.25, 0.3) is 0 Å². The van der Waals surface area contributed by atoms with E-state index in [1.807, 2.05) is 0 Å². The van der Waals surface area contributed by atoms with Gasteiger partial charge in [0.15, 0.2) is 0 Å². The van der Waals surface area contributed by atoms with Crippen LogP contribution >= 0.6 is 0 Å². The second-order valence-electron chi connectivity index (χ2n) is 2.99. The van der Waals surface area contributed by atoms with Crippen LogP contribution in [0.5, 0.6) is 0 Å². The monoisotopic (exact) mass is 190 g/mol. The third-order valence-electron chi connectivity index (χ3n) is 1.86. The lowest BCUT2D eigenvalue weighted by molar-refractivity contribution is 0.711. The third-order valence-corrected chi connectivity index (χ3v) is 1.86. The fourth-order valence-electron chi connectivity index (χ4n) is 1.10. The zero-order valence-corrected chi connectivity index (χ0v) is 8.20. The number of aromatic nitrogens is 2. The van der Waals surface area contributed by atoms with E-state index in [0.717, 1.165) is 6.42 Å². The highest BCUT2D eigenvalue weighted by atomic mass is 15.1. The molecule has 1 atom stereocenters. The number of nitrogens with one attached hydrogen (secondary N) is 1. The van der Waals surface area contributed by atoms with Gasteiger partial charge in [0.05, 0.1) is 12.4 Å². The lowest BCUT2D eigenvalue weighted by Crippen LogP contribution is -2.18. The molecule has 0 saturated heterocycles. The molecule has 14 heavy (non-hydrogen) atoms. The van der Waals surface area contributed by atoms with Crippen LogP contribution in [0.1, 0.15) is 19.8 Å². The van der Waals surface area contributed by atoms with Gasteiger partial charge in [-0.15, -0.1) is 12.3 Å². The molecular formula is C10H14N4. The van der Waals surface area contributed by atoms with E-state index in [4.69, 9.17) is 12.2 Å². The first kappa shape index (κ1) is 10.3. The molecule has 3 N–H and O–H groups in total. The van der Waals surface area contributed by atoms with E-state index >= 15 is 0 Å². The fourth-order valence-corrected chi connectivity index (χ4v) is 1.10. The van der Waals surface area contributed by atoms with Crippen LogP contribution < -0.4 is 11.1 Å². The second-order valence-corrected chi connectivity index (χ2v) is 2.99. The first-order valence-electron chi connectivity index (χ1n) is 4.53. The molecule has 0 aliphatic heterocycles. The molecule has 1 heterocycles. The van der Waals surface area contributed by atoms with E-state index in [1.54, 1.807) is 6.20 Å². The zero-order chi connectivity index (χ0) is 10.4. The highest BCUT2D eigenvalue weighted by Gasteiger charge is 2.04. The first-order chi connectivity index (χ1) is 6.76. The molecule has 0 fully saturated rings. The Morgan fingerprint density at radius 3 is 3.00 bits per heavy atom. The minimum Gasteiger partial charge on any atom is -0.382 e. The summed E-state index contributed by atoms with van der Waals surface area (Å²) in [4.78, 5) is 8.01. The minimum absolute atomic E-state index is 0.232. The predicted molar refractivity (Wildman–Crippen MR) is 57.6 cm³/mol. The summed E-state index contributed by atoms with van der Waals surface area (Å²) in [6.07, 6.45) is 10.00. The molecular weight excluding hydrogens is 176 g/mol. The maximum atomic E-state index is 5.50. The summed E-state index contributed by atoms with van der Waals surface area (Å²) in [7, 11) is 0. The molecule has 0 spiro atoms. The van der Waals surface area contributed by atoms with Crippen molar-refractivity contribution in [3.05, 3.63) is 12.4 Å². The van der Waals surface area contributed by atoms with Crippen LogP contribution in [-0.4, -0.2) is 16.0 Å². The van der Waals surface area contributed by atoms with Crippen molar-refractivity contribution < 1.29 is 0 Å². The third kappa shape index (κ3) is 2.94. The van der Waals surface area contributed by atoms with Crippen molar-refractivity contribution in [2.75, 3.05) is 11.1 Å². The van der Waals surface area contributed by atoms with Gasteiger partial charge in [-0.1, -0.05) is 6.92 Å². The molecule has 4 heteroatoms. The molecule has 4 nitrogen and oxygen atoms in total. The Morgan fingerprint density at radius 2 is 2.43 bits per heavy atom. The lowest BCUT2D eigenvalue weighted by atomic mass is 10.1. The predicted octanol–water partition coefficient (Wildman–Crippen LogP) is 1.27. The van der Waals surface area contributed by atoms with E-state index in [1.165, 1.54) is 6.20 Å². The number of nitrogen functional groups attached to an aromatic ring is 1. The van der Waals surface area contributed by atoms with Crippen LogP contribution in [0.2, 0.25) is 0 Å². The molecule has 0 aliphatic rings. The van der Waals surface area contributed by atoms with E-state index in [0.29, 0.717) is 18.1 Å². The van der Waals surface area contributed by atoms with E-state index in [9.17, 15) is 0 Å². The summed E-state index contributed by atoms with van der Waals surface area (Å²) in [5, 5.41) is 3.17. The van der Waals surface area contributed by atoms with Crippen molar-refractivity contribution in [3.8, 4) is 12.3 Å². The quantitative estimate of drug-likeness (QED) is 0.702. The van der Waals surface area contributed by atoms with Crippen LogP contribution in [0.4, 0.5) is 11.6 Å².